The van der Waals surface area contributed by atoms with Crippen molar-refractivity contribution >= 4 is 28.6 Å². The Kier molecular flexibility index (Phi) is 6.05. The number of thioether (sulfide) groups is 1. The van der Waals surface area contributed by atoms with Gasteiger partial charge in [0.15, 0.2) is 22.4 Å². The van der Waals surface area contributed by atoms with Crippen molar-refractivity contribution in [2.24, 2.45) is 0 Å². The molecule has 5 nitrogen and oxygen atoms in total. The van der Waals surface area contributed by atoms with Crippen molar-refractivity contribution in [1.29, 1.82) is 0 Å². The summed E-state index contributed by atoms with van der Waals surface area (Å²) >= 11 is 1.45. The lowest BCUT2D eigenvalue weighted by Crippen LogP contribution is -2.06. The zero-order chi connectivity index (χ0) is 20.9. The van der Waals surface area contributed by atoms with Gasteiger partial charge >= 0.3 is 0 Å². The average molecular weight is 419 g/mol. The molecule has 4 rings (SSSR count). The summed E-state index contributed by atoms with van der Waals surface area (Å²) in [5.41, 5.74) is 3.76. The molecule has 4 aromatic rings. The van der Waals surface area contributed by atoms with Crippen LogP contribution in [-0.2, 0) is 6.54 Å². The van der Waals surface area contributed by atoms with E-state index in [1.54, 1.807) is 32.4 Å². The number of imidazole rings is 1. The molecule has 0 N–H and O–H groups in total. The molecule has 1 aromatic heterocycles. The molecule has 0 bridgehead atoms. The SMILES string of the molecule is COc1ccc(C(=O)CSc2nc3ccccc3n2Cc2ccccc2)cc1OC. The zero-order valence-corrected chi connectivity index (χ0v) is 17.7. The van der Waals surface area contributed by atoms with Crippen LogP contribution in [0.3, 0.4) is 0 Å². The molecule has 0 spiro atoms. The fourth-order valence-corrected chi connectivity index (χ4v) is 4.21. The number of ether oxygens (including phenoxy) is 2. The van der Waals surface area contributed by atoms with Crippen molar-refractivity contribution < 1.29 is 14.3 Å². The minimum atomic E-state index is 0.0132. The number of benzene rings is 3. The van der Waals surface area contributed by atoms with Gasteiger partial charge in [0.1, 0.15) is 0 Å². The third-order valence-electron chi connectivity index (χ3n) is 4.84. The molecule has 3 aromatic carbocycles. The van der Waals surface area contributed by atoms with Crippen LogP contribution in [0.1, 0.15) is 15.9 Å². The number of nitrogens with zero attached hydrogens (tertiary/aromatic N) is 2. The van der Waals surface area contributed by atoms with E-state index in [2.05, 4.69) is 22.8 Å². The van der Waals surface area contributed by atoms with Crippen LogP contribution in [-0.4, -0.2) is 35.3 Å². The Labute approximate surface area is 179 Å². The van der Waals surface area contributed by atoms with Crippen molar-refractivity contribution in [2.75, 3.05) is 20.0 Å². The smallest absolute Gasteiger partial charge is 0.173 e. The second-order valence-electron chi connectivity index (χ2n) is 6.74. The first kappa shape index (κ1) is 20.0. The van der Waals surface area contributed by atoms with E-state index < -0.39 is 0 Å². The number of carbonyl (C=O) groups is 1. The molecule has 0 unspecified atom stereocenters. The lowest BCUT2D eigenvalue weighted by atomic mass is 10.1. The van der Waals surface area contributed by atoms with E-state index >= 15 is 0 Å². The molecule has 152 valence electrons. The first-order valence-electron chi connectivity index (χ1n) is 9.57. The monoisotopic (exact) mass is 418 g/mol. The standard InChI is InChI=1S/C24H22N2O3S/c1-28-22-13-12-18(14-23(22)29-2)21(27)16-30-24-25-19-10-6-7-11-20(19)26(24)15-17-8-4-3-5-9-17/h3-14H,15-16H2,1-2H3. The third-order valence-corrected chi connectivity index (χ3v) is 5.82. The highest BCUT2D eigenvalue weighted by atomic mass is 32.2. The molecule has 0 saturated heterocycles. The highest BCUT2D eigenvalue weighted by molar-refractivity contribution is 7.99. The summed E-state index contributed by atoms with van der Waals surface area (Å²) in [6.07, 6.45) is 0. The number of methoxy groups -OCH3 is 2. The quantitative estimate of drug-likeness (QED) is 0.295. The van der Waals surface area contributed by atoms with Crippen molar-refractivity contribution in [3.63, 3.8) is 0 Å². The number of para-hydroxylation sites is 2. The zero-order valence-electron chi connectivity index (χ0n) is 16.9. The van der Waals surface area contributed by atoms with E-state index in [0.717, 1.165) is 16.2 Å². The van der Waals surface area contributed by atoms with Gasteiger partial charge in [-0.1, -0.05) is 54.2 Å². The highest BCUT2D eigenvalue weighted by Crippen LogP contribution is 2.29. The number of hydrogen-bond donors (Lipinski definition) is 0. The third kappa shape index (κ3) is 4.19. The van der Waals surface area contributed by atoms with E-state index in [-0.39, 0.29) is 11.5 Å². The summed E-state index contributed by atoms with van der Waals surface area (Å²) in [6, 6.07) is 23.5. The number of carbonyl (C=O) groups excluding carboxylic acids is 1. The summed E-state index contributed by atoms with van der Waals surface area (Å²) in [4.78, 5) is 17.6. The van der Waals surface area contributed by atoms with Crippen LogP contribution in [0.5, 0.6) is 11.5 Å². The van der Waals surface area contributed by atoms with E-state index in [1.807, 2.05) is 36.4 Å². The van der Waals surface area contributed by atoms with Gasteiger partial charge < -0.3 is 14.0 Å². The minimum Gasteiger partial charge on any atom is -0.493 e. The van der Waals surface area contributed by atoms with Gasteiger partial charge in [0.25, 0.3) is 0 Å². The maximum Gasteiger partial charge on any atom is 0.173 e. The summed E-state index contributed by atoms with van der Waals surface area (Å²) in [5.74, 6) is 1.45. The molecule has 0 saturated carbocycles. The van der Waals surface area contributed by atoms with Gasteiger partial charge in [0, 0.05) is 5.56 Å². The minimum absolute atomic E-state index is 0.0132. The second-order valence-corrected chi connectivity index (χ2v) is 7.68. The van der Waals surface area contributed by atoms with Gasteiger partial charge in [0.2, 0.25) is 0 Å². The molecule has 0 fully saturated rings. The Morgan fingerprint density at radius 1 is 0.933 bits per heavy atom. The molecule has 0 aliphatic heterocycles. The summed E-state index contributed by atoms with van der Waals surface area (Å²) in [7, 11) is 3.14. The van der Waals surface area contributed by atoms with Gasteiger partial charge in [-0.15, -0.1) is 0 Å². The fourth-order valence-electron chi connectivity index (χ4n) is 3.31. The number of hydrogen-bond acceptors (Lipinski definition) is 5. The summed E-state index contributed by atoms with van der Waals surface area (Å²) in [5, 5.41) is 0.828. The number of fused-ring (bicyclic) bond motifs is 1. The number of rotatable bonds is 8. The van der Waals surface area contributed by atoms with Crippen molar-refractivity contribution in [2.45, 2.75) is 11.7 Å². The van der Waals surface area contributed by atoms with Crippen LogP contribution in [0, 0.1) is 0 Å². The summed E-state index contributed by atoms with van der Waals surface area (Å²) in [6.45, 7) is 0.703. The van der Waals surface area contributed by atoms with Gasteiger partial charge in [-0.25, -0.2) is 4.98 Å². The van der Waals surface area contributed by atoms with Gasteiger partial charge in [-0.2, -0.15) is 0 Å². The fraction of sp³-hybridized carbons (Fsp3) is 0.167. The molecule has 0 aliphatic rings. The molecule has 0 aliphatic carbocycles. The molecule has 0 radical (unpaired) electrons. The van der Waals surface area contributed by atoms with Crippen LogP contribution in [0.4, 0.5) is 0 Å². The van der Waals surface area contributed by atoms with E-state index in [4.69, 9.17) is 14.5 Å². The van der Waals surface area contributed by atoms with Crippen molar-refractivity contribution in [3.05, 3.63) is 83.9 Å². The predicted octanol–water partition coefficient (Wildman–Crippen LogP) is 5.08. The average Bonchev–Trinajstić information content (AvgIpc) is 3.15. The number of aromatic nitrogens is 2. The van der Waals surface area contributed by atoms with Crippen LogP contribution in [0.25, 0.3) is 11.0 Å². The van der Waals surface area contributed by atoms with Crippen molar-refractivity contribution in [1.82, 2.24) is 9.55 Å². The van der Waals surface area contributed by atoms with E-state index in [9.17, 15) is 4.79 Å². The molecule has 0 amide bonds. The van der Waals surface area contributed by atoms with Crippen LogP contribution < -0.4 is 9.47 Å². The van der Waals surface area contributed by atoms with E-state index in [0.29, 0.717) is 23.6 Å². The second kappa shape index (κ2) is 9.05. The number of ketones is 1. The number of Topliss-reactive ketones (excluding diaryl/α,β-unsaturated/α-hetero) is 1. The highest BCUT2D eigenvalue weighted by Gasteiger charge is 2.15. The Balaban J connectivity index is 1.58. The lowest BCUT2D eigenvalue weighted by molar-refractivity contribution is 0.102. The predicted molar refractivity (Wildman–Crippen MR) is 120 cm³/mol. The van der Waals surface area contributed by atoms with Gasteiger partial charge in [-0.3, -0.25) is 4.79 Å². The molecular weight excluding hydrogens is 396 g/mol. The van der Waals surface area contributed by atoms with Gasteiger partial charge in [0.05, 0.1) is 37.6 Å². The first-order chi connectivity index (χ1) is 14.7. The molecule has 1 heterocycles. The lowest BCUT2D eigenvalue weighted by Gasteiger charge is -2.10. The molecule has 6 heteroatoms. The molecular formula is C24H22N2O3S. The molecule has 30 heavy (non-hydrogen) atoms. The van der Waals surface area contributed by atoms with Gasteiger partial charge in [-0.05, 0) is 35.9 Å². The Morgan fingerprint density at radius 3 is 2.43 bits per heavy atom. The maximum atomic E-state index is 12.8. The normalized spacial score (nSPS) is 10.9. The molecule has 0 atom stereocenters. The largest absolute Gasteiger partial charge is 0.493 e. The van der Waals surface area contributed by atoms with Crippen LogP contribution >= 0.6 is 11.8 Å². The van der Waals surface area contributed by atoms with Crippen LogP contribution in [0.2, 0.25) is 0 Å². The topological polar surface area (TPSA) is 53.3 Å². The maximum absolute atomic E-state index is 12.8. The van der Waals surface area contributed by atoms with Crippen molar-refractivity contribution in [3.8, 4) is 11.5 Å². The first-order valence-corrected chi connectivity index (χ1v) is 10.6. The van der Waals surface area contributed by atoms with Crippen LogP contribution in [0.15, 0.2) is 78.0 Å². The Hall–Kier alpha value is -3.25. The Morgan fingerprint density at radius 2 is 1.67 bits per heavy atom. The van der Waals surface area contributed by atoms with E-state index in [1.165, 1.54) is 17.3 Å². The summed E-state index contributed by atoms with van der Waals surface area (Å²) < 4.78 is 12.7. The Bertz CT molecular complexity index is 1170.